The lowest BCUT2D eigenvalue weighted by molar-refractivity contribution is 0.0395. The van der Waals surface area contributed by atoms with Gasteiger partial charge in [-0.1, -0.05) is 15.9 Å². The predicted molar refractivity (Wildman–Crippen MR) is 76.5 cm³/mol. The molecule has 1 aromatic carbocycles. The number of benzene rings is 1. The van der Waals surface area contributed by atoms with Crippen molar-refractivity contribution in [3.63, 3.8) is 0 Å². The van der Waals surface area contributed by atoms with Crippen LogP contribution in [0.3, 0.4) is 0 Å². The van der Waals surface area contributed by atoms with Crippen LogP contribution in [0.2, 0.25) is 0 Å². The monoisotopic (exact) mass is 310 g/mol. The number of carbonyl (C=O) groups is 1. The lowest BCUT2D eigenvalue weighted by Gasteiger charge is -2.44. The SMILES string of the molecule is CC1(C)CCC(N)CN1C(=O)c1ccc(Br)cc1. The Hall–Kier alpha value is -0.870. The van der Waals surface area contributed by atoms with Crippen LogP contribution < -0.4 is 5.73 Å². The Morgan fingerprint density at radius 3 is 2.61 bits per heavy atom. The highest BCUT2D eigenvalue weighted by Gasteiger charge is 2.36. The Balaban J connectivity index is 2.23. The van der Waals surface area contributed by atoms with E-state index in [4.69, 9.17) is 5.73 Å². The first-order valence-electron chi connectivity index (χ1n) is 6.23. The number of nitrogens with two attached hydrogens (primary N) is 1. The lowest BCUT2D eigenvalue weighted by atomic mass is 9.87. The Morgan fingerprint density at radius 2 is 2.00 bits per heavy atom. The number of hydrogen-bond acceptors (Lipinski definition) is 2. The van der Waals surface area contributed by atoms with Gasteiger partial charge in [0.25, 0.3) is 5.91 Å². The van der Waals surface area contributed by atoms with Gasteiger partial charge in [-0.3, -0.25) is 4.79 Å². The van der Waals surface area contributed by atoms with E-state index in [2.05, 4.69) is 29.8 Å². The van der Waals surface area contributed by atoms with Crippen molar-refractivity contribution >= 4 is 21.8 Å². The van der Waals surface area contributed by atoms with Gasteiger partial charge in [-0.25, -0.2) is 0 Å². The number of amides is 1. The van der Waals surface area contributed by atoms with Crippen LogP contribution in [0.1, 0.15) is 37.0 Å². The Bertz CT molecular complexity index is 442. The number of hydrogen-bond donors (Lipinski definition) is 1. The maximum atomic E-state index is 12.5. The zero-order chi connectivity index (χ0) is 13.3. The number of carbonyl (C=O) groups excluding carboxylic acids is 1. The molecule has 0 saturated carbocycles. The summed E-state index contributed by atoms with van der Waals surface area (Å²) in [4.78, 5) is 14.4. The predicted octanol–water partition coefficient (Wildman–Crippen LogP) is 2.79. The van der Waals surface area contributed by atoms with Crippen molar-refractivity contribution in [3.8, 4) is 0 Å². The quantitative estimate of drug-likeness (QED) is 0.867. The van der Waals surface area contributed by atoms with Crippen LogP contribution >= 0.6 is 15.9 Å². The fourth-order valence-electron chi connectivity index (χ4n) is 2.35. The zero-order valence-corrected chi connectivity index (χ0v) is 12.4. The Kier molecular flexibility index (Phi) is 3.78. The molecule has 4 heteroatoms. The average Bonchev–Trinajstić information content (AvgIpc) is 2.32. The molecule has 1 aromatic rings. The van der Waals surface area contributed by atoms with Crippen molar-refractivity contribution in [3.05, 3.63) is 34.3 Å². The van der Waals surface area contributed by atoms with E-state index in [1.807, 2.05) is 29.2 Å². The van der Waals surface area contributed by atoms with Gasteiger partial charge in [-0.2, -0.15) is 0 Å². The first-order valence-corrected chi connectivity index (χ1v) is 7.02. The van der Waals surface area contributed by atoms with Crippen molar-refractivity contribution in [2.45, 2.75) is 38.3 Å². The molecule has 2 rings (SSSR count). The summed E-state index contributed by atoms with van der Waals surface area (Å²) in [5.41, 5.74) is 6.60. The van der Waals surface area contributed by atoms with Crippen LogP contribution in [-0.4, -0.2) is 28.9 Å². The molecule has 1 amide bonds. The third-order valence-corrected chi connectivity index (χ3v) is 4.14. The minimum atomic E-state index is -0.111. The standard InChI is InChI=1S/C14H19BrN2O/c1-14(2)8-7-12(16)9-17(14)13(18)10-3-5-11(15)6-4-10/h3-6,12H,7-9,16H2,1-2H3. The number of likely N-dealkylation sites (tertiary alicyclic amines) is 1. The summed E-state index contributed by atoms with van der Waals surface area (Å²) in [6, 6.07) is 7.58. The van der Waals surface area contributed by atoms with Gasteiger partial charge in [0.1, 0.15) is 0 Å². The first kappa shape index (κ1) is 13.6. The summed E-state index contributed by atoms with van der Waals surface area (Å²) < 4.78 is 0.980. The van der Waals surface area contributed by atoms with E-state index in [1.54, 1.807) is 0 Å². The summed E-state index contributed by atoms with van der Waals surface area (Å²) >= 11 is 3.38. The summed E-state index contributed by atoms with van der Waals surface area (Å²) in [5.74, 6) is 0.0719. The smallest absolute Gasteiger partial charge is 0.254 e. The molecule has 0 aliphatic carbocycles. The van der Waals surface area contributed by atoms with E-state index in [9.17, 15) is 4.79 Å². The van der Waals surface area contributed by atoms with E-state index >= 15 is 0 Å². The summed E-state index contributed by atoms with van der Waals surface area (Å²) in [6.07, 6.45) is 1.94. The molecule has 18 heavy (non-hydrogen) atoms. The molecule has 2 N–H and O–H groups in total. The van der Waals surface area contributed by atoms with E-state index in [1.165, 1.54) is 0 Å². The van der Waals surface area contributed by atoms with E-state index in [0.717, 1.165) is 22.9 Å². The van der Waals surface area contributed by atoms with Gasteiger partial charge in [0.15, 0.2) is 0 Å². The topological polar surface area (TPSA) is 46.3 Å². The Labute approximate surface area is 116 Å². The number of nitrogens with zero attached hydrogens (tertiary/aromatic N) is 1. The van der Waals surface area contributed by atoms with Gasteiger partial charge >= 0.3 is 0 Å². The van der Waals surface area contributed by atoms with E-state index in [-0.39, 0.29) is 17.5 Å². The molecule has 1 heterocycles. The van der Waals surface area contributed by atoms with Crippen LogP contribution in [0.25, 0.3) is 0 Å². The number of piperidine rings is 1. The van der Waals surface area contributed by atoms with E-state index < -0.39 is 0 Å². The highest BCUT2D eigenvalue weighted by Crippen LogP contribution is 2.28. The summed E-state index contributed by atoms with van der Waals surface area (Å²) in [7, 11) is 0. The molecule has 0 spiro atoms. The van der Waals surface area contributed by atoms with Crippen LogP contribution in [-0.2, 0) is 0 Å². The van der Waals surface area contributed by atoms with Crippen LogP contribution in [0, 0.1) is 0 Å². The normalized spacial score (nSPS) is 22.9. The van der Waals surface area contributed by atoms with Gasteiger partial charge in [-0.05, 0) is 51.0 Å². The molecule has 0 radical (unpaired) electrons. The molecule has 3 nitrogen and oxygen atoms in total. The molecule has 1 fully saturated rings. The molecule has 1 atom stereocenters. The fourth-order valence-corrected chi connectivity index (χ4v) is 2.62. The van der Waals surface area contributed by atoms with Crippen LogP contribution in [0.4, 0.5) is 0 Å². The van der Waals surface area contributed by atoms with E-state index in [0.29, 0.717) is 6.54 Å². The third kappa shape index (κ3) is 2.75. The van der Waals surface area contributed by atoms with Gasteiger partial charge in [0, 0.05) is 28.2 Å². The van der Waals surface area contributed by atoms with Crippen molar-refractivity contribution in [1.82, 2.24) is 4.90 Å². The molecule has 1 aliphatic heterocycles. The fraction of sp³-hybridized carbons (Fsp3) is 0.500. The van der Waals surface area contributed by atoms with Crippen molar-refractivity contribution in [2.24, 2.45) is 5.73 Å². The molecular formula is C14H19BrN2O. The lowest BCUT2D eigenvalue weighted by Crippen LogP contribution is -2.56. The summed E-state index contributed by atoms with van der Waals surface area (Å²) in [6.45, 7) is 4.85. The van der Waals surface area contributed by atoms with Crippen LogP contribution in [0.5, 0.6) is 0 Å². The molecule has 1 aliphatic rings. The molecular weight excluding hydrogens is 292 g/mol. The number of halogens is 1. The highest BCUT2D eigenvalue weighted by molar-refractivity contribution is 9.10. The maximum Gasteiger partial charge on any atom is 0.254 e. The molecule has 0 aromatic heterocycles. The van der Waals surface area contributed by atoms with Gasteiger partial charge in [0.05, 0.1) is 0 Å². The van der Waals surface area contributed by atoms with Crippen molar-refractivity contribution in [2.75, 3.05) is 6.54 Å². The third-order valence-electron chi connectivity index (χ3n) is 3.61. The summed E-state index contributed by atoms with van der Waals surface area (Å²) in [5, 5.41) is 0. The highest BCUT2D eigenvalue weighted by atomic mass is 79.9. The van der Waals surface area contributed by atoms with Crippen LogP contribution in [0.15, 0.2) is 28.7 Å². The zero-order valence-electron chi connectivity index (χ0n) is 10.8. The van der Waals surface area contributed by atoms with Gasteiger partial charge < -0.3 is 10.6 Å². The molecule has 1 saturated heterocycles. The Morgan fingerprint density at radius 1 is 1.39 bits per heavy atom. The molecule has 1 unspecified atom stereocenters. The molecule has 98 valence electrons. The largest absolute Gasteiger partial charge is 0.332 e. The minimum absolute atomic E-state index is 0.0719. The minimum Gasteiger partial charge on any atom is -0.332 e. The maximum absolute atomic E-state index is 12.5. The van der Waals surface area contributed by atoms with Gasteiger partial charge in [-0.15, -0.1) is 0 Å². The molecule has 0 bridgehead atoms. The average molecular weight is 311 g/mol. The number of rotatable bonds is 1. The first-order chi connectivity index (χ1) is 8.40. The van der Waals surface area contributed by atoms with Crippen molar-refractivity contribution in [1.29, 1.82) is 0 Å². The van der Waals surface area contributed by atoms with Gasteiger partial charge in [0.2, 0.25) is 0 Å². The second-order valence-corrected chi connectivity index (χ2v) is 6.45. The second-order valence-electron chi connectivity index (χ2n) is 5.53. The second kappa shape index (κ2) is 5.02. The van der Waals surface area contributed by atoms with Crippen molar-refractivity contribution < 1.29 is 4.79 Å².